The molecule has 122 valence electrons. The Labute approximate surface area is 136 Å². The summed E-state index contributed by atoms with van der Waals surface area (Å²) in [6, 6.07) is 14.9. The van der Waals surface area contributed by atoms with Crippen molar-refractivity contribution in [1.82, 2.24) is 5.32 Å². The highest BCUT2D eigenvalue weighted by atomic mass is 16.3. The molecule has 0 aromatic heterocycles. The van der Waals surface area contributed by atoms with Crippen molar-refractivity contribution in [3.8, 4) is 11.5 Å². The third-order valence-corrected chi connectivity index (χ3v) is 4.49. The van der Waals surface area contributed by atoms with Gasteiger partial charge in [-0.2, -0.15) is 0 Å². The molecule has 0 radical (unpaired) electrons. The monoisotopic (exact) mass is 313 g/mol. The van der Waals surface area contributed by atoms with Crippen LogP contribution in [0.5, 0.6) is 11.5 Å². The molecule has 0 spiro atoms. The summed E-state index contributed by atoms with van der Waals surface area (Å²) in [4.78, 5) is 0. The van der Waals surface area contributed by atoms with Crippen LogP contribution in [0.1, 0.15) is 36.5 Å². The Morgan fingerprint density at radius 3 is 2.39 bits per heavy atom. The summed E-state index contributed by atoms with van der Waals surface area (Å²) < 4.78 is 0. The summed E-state index contributed by atoms with van der Waals surface area (Å²) >= 11 is 0. The topological polar surface area (TPSA) is 72.7 Å². The molecule has 3 atom stereocenters. The third-order valence-electron chi connectivity index (χ3n) is 4.49. The van der Waals surface area contributed by atoms with Crippen LogP contribution in [0.2, 0.25) is 0 Å². The van der Waals surface area contributed by atoms with E-state index in [0.717, 1.165) is 25.7 Å². The van der Waals surface area contributed by atoms with Crippen LogP contribution >= 0.6 is 0 Å². The van der Waals surface area contributed by atoms with E-state index >= 15 is 0 Å². The number of nitrogens with one attached hydrogen (secondary N) is 1. The van der Waals surface area contributed by atoms with Crippen LogP contribution in [-0.4, -0.2) is 27.4 Å². The maximum atomic E-state index is 10.6. The predicted octanol–water partition coefficient (Wildman–Crippen LogP) is 2.88. The first-order valence-electron chi connectivity index (χ1n) is 8.13. The van der Waals surface area contributed by atoms with Gasteiger partial charge in [0.1, 0.15) is 11.5 Å². The highest BCUT2D eigenvalue weighted by Crippen LogP contribution is 2.30. The largest absolute Gasteiger partial charge is 0.508 e. The highest BCUT2D eigenvalue weighted by molar-refractivity contribution is 5.38. The van der Waals surface area contributed by atoms with Crippen molar-refractivity contribution < 1.29 is 15.3 Å². The molecule has 1 saturated heterocycles. The van der Waals surface area contributed by atoms with E-state index in [1.165, 1.54) is 23.8 Å². The van der Waals surface area contributed by atoms with Crippen LogP contribution in [0, 0.1) is 0 Å². The minimum Gasteiger partial charge on any atom is -0.508 e. The quantitative estimate of drug-likeness (QED) is 0.700. The van der Waals surface area contributed by atoms with E-state index in [4.69, 9.17) is 0 Å². The molecule has 4 nitrogen and oxygen atoms in total. The summed E-state index contributed by atoms with van der Waals surface area (Å²) in [6.07, 6.45) is 3.21. The minimum atomic E-state index is -0.744. The second-order valence-electron chi connectivity index (χ2n) is 6.32. The number of benzene rings is 2. The summed E-state index contributed by atoms with van der Waals surface area (Å²) in [5, 5.41) is 33.3. The lowest BCUT2D eigenvalue weighted by atomic mass is 9.89. The summed E-state index contributed by atoms with van der Waals surface area (Å²) in [6.45, 7) is 0. The number of aromatic hydroxyl groups is 2. The van der Waals surface area contributed by atoms with E-state index in [9.17, 15) is 15.3 Å². The first kappa shape index (κ1) is 15.8. The van der Waals surface area contributed by atoms with E-state index in [2.05, 4.69) is 17.4 Å². The predicted molar refractivity (Wildman–Crippen MR) is 89.4 cm³/mol. The molecular weight excluding hydrogens is 290 g/mol. The molecule has 3 rings (SSSR count). The molecule has 0 aliphatic carbocycles. The van der Waals surface area contributed by atoms with Crippen LogP contribution < -0.4 is 5.32 Å². The van der Waals surface area contributed by atoms with Gasteiger partial charge in [0.2, 0.25) is 0 Å². The number of piperidine rings is 1. The fourth-order valence-corrected chi connectivity index (χ4v) is 3.38. The van der Waals surface area contributed by atoms with Crippen molar-refractivity contribution in [3.05, 3.63) is 59.7 Å². The van der Waals surface area contributed by atoms with Gasteiger partial charge >= 0.3 is 0 Å². The molecule has 2 aromatic carbocycles. The van der Waals surface area contributed by atoms with Crippen LogP contribution in [0.4, 0.5) is 0 Å². The first-order valence-corrected chi connectivity index (χ1v) is 8.13. The van der Waals surface area contributed by atoms with E-state index in [1.807, 2.05) is 18.2 Å². The van der Waals surface area contributed by atoms with Crippen molar-refractivity contribution in [2.75, 3.05) is 0 Å². The Balaban J connectivity index is 1.68. The number of aliphatic hydroxyl groups is 1. The van der Waals surface area contributed by atoms with Gasteiger partial charge in [-0.05, 0) is 42.5 Å². The maximum Gasteiger partial charge on any atom is 0.119 e. The van der Waals surface area contributed by atoms with Crippen LogP contribution in [0.3, 0.4) is 0 Å². The van der Waals surface area contributed by atoms with Crippen LogP contribution in [-0.2, 0) is 6.42 Å². The fraction of sp³-hybridized carbons (Fsp3) is 0.368. The molecule has 2 aromatic rings. The molecule has 1 aliphatic rings. The lowest BCUT2D eigenvalue weighted by molar-refractivity contribution is 0.101. The molecule has 23 heavy (non-hydrogen) atoms. The number of rotatable bonds is 4. The lowest BCUT2D eigenvalue weighted by Crippen LogP contribution is -2.46. The van der Waals surface area contributed by atoms with Gasteiger partial charge in [-0.1, -0.05) is 36.8 Å². The van der Waals surface area contributed by atoms with Gasteiger partial charge in [-0.3, -0.25) is 0 Å². The molecule has 3 unspecified atom stereocenters. The Morgan fingerprint density at radius 1 is 1.00 bits per heavy atom. The summed E-state index contributed by atoms with van der Waals surface area (Å²) in [7, 11) is 0. The van der Waals surface area contributed by atoms with Gasteiger partial charge in [0.25, 0.3) is 0 Å². The minimum absolute atomic E-state index is 0.0318. The number of phenolic OH excluding ortho intramolecular Hbond substituents is 2. The number of phenols is 2. The molecule has 4 N–H and O–H groups in total. The molecule has 1 heterocycles. The van der Waals surface area contributed by atoms with E-state index in [1.54, 1.807) is 0 Å². The second kappa shape index (κ2) is 7.02. The van der Waals surface area contributed by atoms with Gasteiger partial charge < -0.3 is 20.6 Å². The SMILES string of the molecule is Oc1cc(O)cc(C(O)C2CCCC(Cc3ccccc3)N2)c1. The molecule has 4 heteroatoms. The van der Waals surface area contributed by atoms with E-state index in [-0.39, 0.29) is 17.5 Å². The molecular formula is C19H23NO3. The normalized spacial score (nSPS) is 22.7. The molecule has 0 bridgehead atoms. The maximum absolute atomic E-state index is 10.6. The fourth-order valence-electron chi connectivity index (χ4n) is 3.38. The second-order valence-corrected chi connectivity index (χ2v) is 6.32. The molecule has 1 aliphatic heterocycles. The van der Waals surface area contributed by atoms with Gasteiger partial charge in [-0.15, -0.1) is 0 Å². The Kier molecular flexibility index (Phi) is 4.84. The zero-order valence-corrected chi connectivity index (χ0v) is 13.0. The standard InChI is InChI=1S/C19H23NO3/c21-16-10-14(11-17(22)12-16)19(23)18-8-4-7-15(20-18)9-13-5-2-1-3-6-13/h1-3,5-6,10-12,15,18-23H,4,7-9H2. The van der Waals surface area contributed by atoms with E-state index < -0.39 is 6.10 Å². The Bertz CT molecular complexity index is 624. The average Bonchev–Trinajstić information content (AvgIpc) is 2.54. The number of hydrogen-bond donors (Lipinski definition) is 4. The lowest BCUT2D eigenvalue weighted by Gasteiger charge is -2.34. The third kappa shape index (κ3) is 4.03. The van der Waals surface area contributed by atoms with Crippen molar-refractivity contribution in [1.29, 1.82) is 0 Å². The summed E-state index contributed by atoms with van der Waals surface area (Å²) in [5.41, 5.74) is 1.83. The Morgan fingerprint density at radius 2 is 1.70 bits per heavy atom. The zero-order chi connectivity index (χ0) is 16.2. The number of aliphatic hydroxyl groups excluding tert-OH is 1. The van der Waals surface area contributed by atoms with Crippen molar-refractivity contribution >= 4 is 0 Å². The summed E-state index contributed by atoms with van der Waals surface area (Å²) in [5.74, 6) is -0.0635. The average molecular weight is 313 g/mol. The number of hydrogen-bond acceptors (Lipinski definition) is 4. The van der Waals surface area contributed by atoms with Gasteiger partial charge in [0.15, 0.2) is 0 Å². The first-order chi connectivity index (χ1) is 11.1. The molecule has 1 fully saturated rings. The van der Waals surface area contributed by atoms with Gasteiger partial charge in [0, 0.05) is 18.2 Å². The van der Waals surface area contributed by atoms with Crippen molar-refractivity contribution in [2.24, 2.45) is 0 Å². The highest BCUT2D eigenvalue weighted by Gasteiger charge is 2.28. The van der Waals surface area contributed by atoms with Gasteiger partial charge in [-0.25, -0.2) is 0 Å². The molecule has 0 saturated carbocycles. The van der Waals surface area contributed by atoms with E-state index in [0.29, 0.717) is 11.6 Å². The van der Waals surface area contributed by atoms with Crippen molar-refractivity contribution in [2.45, 2.75) is 43.9 Å². The smallest absolute Gasteiger partial charge is 0.119 e. The van der Waals surface area contributed by atoms with Crippen LogP contribution in [0.25, 0.3) is 0 Å². The zero-order valence-electron chi connectivity index (χ0n) is 13.0. The Hall–Kier alpha value is -2.04. The molecule has 0 amide bonds. The van der Waals surface area contributed by atoms with Crippen LogP contribution in [0.15, 0.2) is 48.5 Å². The van der Waals surface area contributed by atoms with Gasteiger partial charge in [0.05, 0.1) is 6.10 Å². The van der Waals surface area contributed by atoms with Crippen molar-refractivity contribution in [3.63, 3.8) is 0 Å².